The molecule has 1 unspecified atom stereocenters. The number of benzene rings is 1. The molecular formula is C12H16N2O4. The lowest BCUT2D eigenvalue weighted by molar-refractivity contribution is -0.384. The Morgan fingerprint density at radius 2 is 2.33 bits per heavy atom. The Balaban J connectivity index is 2.05. The summed E-state index contributed by atoms with van der Waals surface area (Å²) in [5, 5.41) is 14.0. The van der Waals surface area contributed by atoms with E-state index in [1.807, 2.05) is 13.0 Å². The highest BCUT2D eigenvalue weighted by atomic mass is 16.6. The van der Waals surface area contributed by atoms with Crippen molar-refractivity contribution in [1.29, 1.82) is 0 Å². The van der Waals surface area contributed by atoms with E-state index in [2.05, 4.69) is 5.32 Å². The van der Waals surface area contributed by atoms with Gasteiger partial charge < -0.3 is 14.8 Å². The molecule has 1 aliphatic rings. The summed E-state index contributed by atoms with van der Waals surface area (Å²) >= 11 is 0. The summed E-state index contributed by atoms with van der Waals surface area (Å²) in [6, 6.07) is 5.01. The number of hydrogen-bond acceptors (Lipinski definition) is 5. The summed E-state index contributed by atoms with van der Waals surface area (Å²) in [6.07, 6.45) is -0.0574. The van der Waals surface area contributed by atoms with Gasteiger partial charge in [0.25, 0.3) is 5.69 Å². The highest BCUT2D eigenvalue weighted by molar-refractivity contribution is 5.65. The van der Waals surface area contributed by atoms with Gasteiger partial charge >= 0.3 is 0 Å². The first kappa shape index (κ1) is 12.8. The predicted molar refractivity (Wildman–Crippen MR) is 66.9 cm³/mol. The van der Waals surface area contributed by atoms with Gasteiger partial charge in [0.15, 0.2) is 0 Å². The highest BCUT2D eigenvalue weighted by Gasteiger charge is 2.18. The largest absolute Gasteiger partial charge is 0.377 e. The predicted octanol–water partition coefficient (Wildman–Crippen LogP) is 1.73. The van der Waals surface area contributed by atoms with E-state index in [-0.39, 0.29) is 16.7 Å². The zero-order chi connectivity index (χ0) is 13.0. The van der Waals surface area contributed by atoms with Gasteiger partial charge in [-0.1, -0.05) is 12.1 Å². The maximum Gasteiger partial charge on any atom is 0.292 e. The van der Waals surface area contributed by atoms with E-state index in [0.717, 1.165) is 5.56 Å². The van der Waals surface area contributed by atoms with Crippen molar-refractivity contribution in [3.8, 4) is 0 Å². The first-order chi connectivity index (χ1) is 8.68. The van der Waals surface area contributed by atoms with Crippen molar-refractivity contribution in [1.82, 2.24) is 0 Å². The van der Waals surface area contributed by atoms with Crippen LogP contribution in [0.2, 0.25) is 0 Å². The van der Waals surface area contributed by atoms with Crippen molar-refractivity contribution in [3.05, 3.63) is 33.9 Å². The smallest absolute Gasteiger partial charge is 0.292 e. The molecule has 1 aromatic carbocycles. The van der Waals surface area contributed by atoms with Gasteiger partial charge in [-0.25, -0.2) is 0 Å². The molecule has 0 bridgehead atoms. The van der Waals surface area contributed by atoms with Gasteiger partial charge in [-0.15, -0.1) is 0 Å². The maximum atomic E-state index is 10.9. The minimum atomic E-state index is -0.381. The monoisotopic (exact) mass is 252 g/mol. The third-order valence-electron chi connectivity index (χ3n) is 2.84. The van der Waals surface area contributed by atoms with Crippen molar-refractivity contribution in [3.63, 3.8) is 0 Å². The fraction of sp³-hybridized carbons (Fsp3) is 0.500. The van der Waals surface area contributed by atoms with Crippen LogP contribution < -0.4 is 5.32 Å². The molecule has 0 aliphatic carbocycles. The van der Waals surface area contributed by atoms with Crippen molar-refractivity contribution in [2.45, 2.75) is 13.0 Å². The number of hydrogen-bond donors (Lipinski definition) is 1. The highest BCUT2D eigenvalue weighted by Crippen LogP contribution is 2.27. The number of ether oxygens (including phenoxy) is 2. The second-order valence-corrected chi connectivity index (χ2v) is 4.17. The Bertz CT molecular complexity index is 430. The van der Waals surface area contributed by atoms with E-state index in [4.69, 9.17) is 9.47 Å². The minimum Gasteiger partial charge on any atom is -0.377 e. The molecule has 6 nitrogen and oxygen atoms in total. The molecule has 0 aromatic heterocycles. The Labute approximate surface area is 105 Å². The summed E-state index contributed by atoms with van der Waals surface area (Å²) in [6.45, 7) is 4.05. The summed E-state index contributed by atoms with van der Waals surface area (Å²) in [7, 11) is 0. The van der Waals surface area contributed by atoms with E-state index >= 15 is 0 Å². The van der Waals surface area contributed by atoms with Gasteiger partial charge in [0.05, 0.1) is 30.8 Å². The summed E-state index contributed by atoms with van der Waals surface area (Å²) in [5.41, 5.74) is 1.49. The van der Waals surface area contributed by atoms with Crippen LogP contribution in [0, 0.1) is 17.0 Å². The second-order valence-electron chi connectivity index (χ2n) is 4.17. The number of nitrogens with one attached hydrogen (secondary N) is 1. The third-order valence-corrected chi connectivity index (χ3v) is 2.84. The number of para-hydroxylation sites is 1. The molecule has 1 N–H and O–H groups in total. The van der Waals surface area contributed by atoms with Gasteiger partial charge in [0.2, 0.25) is 0 Å². The molecule has 98 valence electrons. The first-order valence-corrected chi connectivity index (χ1v) is 5.85. The van der Waals surface area contributed by atoms with Crippen LogP contribution in [-0.4, -0.2) is 37.4 Å². The van der Waals surface area contributed by atoms with E-state index in [1.165, 1.54) is 6.07 Å². The molecule has 1 atom stereocenters. The van der Waals surface area contributed by atoms with E-state index in [0.29, 0.717) is 32.1 Å². The van der Waals surface area contributed by atoms with Gasteiger partial charge in [-0.3, -0.25) is 10.1 Å². The minimum absolute atomic E-state index is 0.0574. The van der Waals surface area contributed by atoms with Gasteiger partial charge in [-0.2, -0.15) is 0 Å². The number of nitro groups is 1. The van der Waals surface area contributed by atoms with Crippen molar-refractivity contribution in [2.75, 3.05) is 31.7 Å². The molecule has 0 amide bonds. The fourth-order valence-electron chi connectivity index (χ4n) is 1.90. The molecule has 1 saturated heterocycles. The molecule has 1 fully saturated rings. The molecule has 0 spiro atoms. The Kier molecular flexibility index (Phi) is 4.11. The van der Waals surface area contributed by atoms with Gasteiger partial charge in [0.1, 0.15) is 5.69 Å². The molecule has 18 heavy (non-hydrogen) atoms. The van der Waals surface area contributed by atoms with Gasteiger partial charge in [0, 0.05) is 12.6 Å². The van der Waals surface area contributed by atoms with Crippen molar-refractivity contribution >= 4 is 11.4 Å². The normalized spacial score (nSPS) is 19.5. The van der Waals surface area contributed by atoms with E-state index < -0.39 is 0 Å². The van der Waals surface area contributed by atoms with E-state index in [1.54, 1.807) is 6.07 Å². The number of nitro benzene ring substituents is 1. The van der Waals surface area contributed by atoms with Crippen molar-refractivity contribution < 1.29 is 14.4 Å². The molecule has 1 aliphatic heterocycles. The lowest BCUT2D eigenvalue weighted by Crippen LogP contribution is -2.34. The van der Waals surface area contributed by atoms with Crippen LogP contribution in [0.1, 0.15) is 5.56 Å². The number of rotatable bonds is 4. The Morgan fingerprint density at radius 1 is 1.50 bits per heavy atom. The fourth-order valence-corrected chi connectivity index (χ4v) is 1.90. The van der Waals surface area contributed by atoms with Crippen LogP contribution in [0.4, 0.5) is 11.4 Å². The number of anilines is 1. The van der Waals surface area contributed by atoms with Crippen LogP contribution in [-0.2, 0) is 9.47 Å². The molecule has 0 radical (unpaired) electrons. The quantitative estimate of drug-likeness (QED) is 0.652. The van der Waals surface area contributed by atoms with Crippen LogP contribution >= 0.6 is 0 Å². The topological polar surface area (TPSA) is 73.6 Å². The molecule has 6 heteroatoms. The Morgan fingerprint density at radius 3 is 3.00 bits per heavy atom. The summed E-state index contributed by atoms with van der Waals surface area (Å²) < 4.78 is 10.8. The van der Waals surface area contributed by atoms with E-state index in [9.17, 15) is 10.1 Å². The van der Waals surface area contributed by atoms with Crippen molar-refractivity contribution in [2.24, 2.45) is 0 Å². The second kappa shape index (κ2) is 5.79. The maximum absolute atomic E-state index is 10.9. The molecule has 1 heterocycles. The number of aryl methyl sites for hydroxylation is 1. The lowest BCUT2D eigenvalue weighted by Gasteiger charge is -2.23. The van der Waals surface area contributed by atoms with Crippen LogP contribution in [0.3, 0.4) is 0 Å². The molecule has 2 rings (SSSR count). The summed E-state index contributed by atoms with van der Waals surface area (Å²) in [5.74, 6) is 0. The SMILES string of the molecule is Cc1cccc([N+](=O)[O-])c1NCC1COCCO1. The lowest BCUT2D eigenvalue weighted by atomic mass is 10.1. The summed E-state index contributed by atoms with van der Waals surface area (Å²) in [4.78, 5) is 10.6. The van der Waals surface area contributed by atoms with Crippen LogP contribution in [0.25, 0.3) is 0 Å². The zero-order valence-corrected chi connectivity index (χ0v) is 10.2. The average molecular weight is 252 g/mol. The van der Waals surface area contributed by atoms with Crippen LogP contribution in [0.5, 0.6) is 0 Å². The number of nitrogens with zero attached hydrogens (tertiary/aromatic N) is 1. The zero-order valence-electron chi connectivity index (χ0n) is 10.2. The Hall–Kier alpha value is -1.66. The third kappa shape index (κ3) is 2.96. The first-order valence-electron chi connectivity index (χ1n) is 5.85. The molecular weight excluding hydrogens is 236 g/mol. The van der Waals surface area contributed by atoms with Gasteiger partial charge in [-0.05, 0) is 12.5 Å². The van der Waals surface area contributed by atoms with Crippen LogP contribution in [0.15, 0.2) is 18.2 Å². The molecule has 1 aromatic rings. The molecule has 0 saturated carbocycles. The average Bonchev–Trinajstić information content (AvgIpc) is 2.38. The standard InChI is InChI=1S/C12H16N2O4/c1-9-3-2-4-11(14(15)16)12(9)13-7-10-8-17-5-6-18-10/h2-4,10,13H,5-8H2,1H3.